The Kier molecular flexibility index (Phi) is 5.19. The first kappa shape index (κ1) is 18.4. The van der Waals surface area contributed by atoms with Crippen molar-refractivity contribution in [3.63, 3.8) is 0 Å². The van der Waals surface area contributed by atoms with Gasteiger partial charge in [-0.25, -0.2) is 0 Å². The fourth-order valence-corrected chi connectivity index (χ4v) is 5.09. The summed E-state index contributed by atoms with van der Waals surface area (Å²) in [7, 11) is 1.61. The highest BCUT2D eigenvalue weighted by atomic mass is 35.5. The summed E-state index contributed by atoms with van der Waals surface area (Å²) < 4.78 is 11.2. The van der Waals surface area contributed by atoms with Crippen molar-refractivity contribution in [1.82, 2.24) is 9.88 Å². The molecule has 0 amide bonds. The van der Waals surface area contributed by atoms with Crippen LogP contribution in [0.3, 0.4) is 0 Å². The van der Waals surface area contributed by atoms with E-state index in [0.717, 1.165) is 23.0 Å². The predicted octanol–water partition coefficient (Wildman–Crippen LogP) is 4.73. The zero-order valence-electron chi connectivity index (χ0n) is 15.6. The SMILES string of the molecule is CCOc1cc([C@@H]2[C@H](c3ccccn3)N=C3S[C@@H](C)CN32)cc(Cl)c1OC. The third-order valence-corrected chi connectivity index (χ3v) is 6.14. The second kappa shape index (κ2) is 7.60. The number of benzene rings is 1. The second-order valence-electron chi connectivity index (χ2n) is 6.60. The van der Waals surface area contributed by atoms with E-state index < -0.39 is 0 Å². The highest BCUT2D eigenvalue weighted by Gasteiger charge is 2.43. The molecule has 4 rings (SSSR count). The Morgan fingerprint density at radius 2 is 2.19 bits per heavy atom. The van der Waals surface area contributed by atoms with E-state index in [2.05, 4.69) is 16.8 Å². The van der Waals surface area contributed by atoms with Gasteiger partial charge in [0, 0.05) is 18.0 Å². The third-order valence-electron chi connectivity index (χ3n) is 4.76. The monoisotopic (exact) mass is 403 g/mol. The van der Waals surface area contributed by atoms with Crippen molar-refractivity contribution in [2.75, 3.05) is 20.3 Å². The van der Waals surface area contributed by atoms with E-state index in [9.17, 15) is 0 Å². The van der Waals surface area contributed by atoms with Crippen LogP contribution in [0.25, 0.3) is 0 Å². The molecule has 1 aromatic heterocycles. The van der Waals surface area contributed by atoms with Crippen LogP contribution in [-0.4, -0.2) is 40.6 Å². The largest absolute Gasteiger partial charge is 0.491 e. The molecule has 1 fully saturated rings. The number of halogens is 1. The first-order valence-corrected chi connectivity index (χ1v) is 10.3. The number of methoxy groups -OCH3 is 1. The van der Waals surface area contributed by atoms with Crippen molar-refractivity contribution in [1.29, 1.82) is 0 Å². The number of pyridine rings is 1. The molecule has 3 heterocycles. The zero-order chi connectivity index (χ0) is 19.0. The Balaban J connectivity index is 1.80. The van der Waals surface area contributed by atoms with Gasteiger partial charge in [0.1, 0.15) is 6.04 Å². The molecule has 0 aliphatic carbocycles. The van der Waals surface area contributed by atoms with Crippen LogP contribution in [0.15, 0.2) is 41.5 Å². The summed E-state index contributed by atoms with van der Waals surface area (Å²) >= 11 is 8.35. The average Bonchev–Trinajstić information content (AvgIpc) is 3.18. The van der Waals surface area contributed by atoms with E-state index in [1.54, 1.807) is 7.11 Å². The molecule has 5 nitrogen and oxygen atoms in total. The fourth-order valence-electron chi connectivity index (χ4n) is 3.70. The highest BCUT2D eigenvalue weighted by Crippen LogP contribution is 2.49. The average molecular weight is 404 g/mol. The minimum Gasteiger partial charge on any atom is -0.491 e. The summed E-state index contributed by atoms with van der Waals surface area (Å²) in [6, 6.07) is 9.93. The number of fused-ring (bicyclic) bond motifs is 1. The van der Waals surface area contributed by atoms with Gasteiger partial charge in [-0.05, 0) is 36.8 Å². The van der Waals surface area contributed by atoms with Crippen LogP contribution in [0.4, 0.5) is 0 Å². The normalized spacial score (nSPS) is 23.9. The number of hydrogen-bond acceptors (Lipinski definition) is 6. The summed E-state index contributed by atoms with van der Waals surface area (Å²) in [5.74, 6) is 1.23. The molecule has 1 saturated heterocycles. The van der Waals surface area contributed by atoms with Gasteiger partial charge < -0.3 is 14.4 Å². The molecule has 0 unspecified atom stereocenters. The lowest BCUT2D eigenvalue weighted by atomic mass is 9.96. The van der Waals surface area contributed by atoms with Crippen LogP contribution in [0.1, 0.15) is 37.2 Å². The molecule has 7 heteroatoms. The van der Waals surface area contributed by atoms with E-state index in [4.69, 9.17) is 26.1 Å². The Hall–Kier alpha value is -1.92. The maximum Gasteiger partial charge on any atom is 0.179 e. The maximum atomic E-state index is 6.53. The number of hydrogen-bond donors (Lipinski definition) is 0. The molecule has 0 saturated carbocycles. The van der Waals surface area contributed by atoms with Crippen LogP contribution in [0, 0.1) is 0 Å². The fraction of sp³-hybridized carbons (Fsp3) is 0.400. The third kappa shape index (κ3) is 3.36. The molecule has 0 radical (unpaired) electrons. The molecule has 3 atom stereocenters. The van der Waals surface area contributed by atoms with Gasteiger partial charge in [-0.2, -0.15) is 0 Å². The van der Waals surface area contributed by atoms with Crippen molar-refractivity contribution < 1.29 is 9.47 Å². The summed E-state index contributed by atoms with van der Waals surface area (Å²) in [5.41, 5.74) is 2.02. The minimum atomic E-state index is -0.0693. The Morgan fingerprint density at radius 3 is 2.89 bits per heavy atom. The number of aromatic nitrogens is 1. The van der Waals surface area contributed by atoms with Crippen molar-refractivity contribution in [2.24, 2.45) is 4.99 Å². The molecule has 27 heavy (non-hydrogen) atoms. The Morgan fingerprint density at radius 1 is 1.33 bits per heavy atom. The zero-order valence-corrected chi connectivity index (χ0v) is 17.1. The molecule has 1 aromatic carbocycles. The van der Waals surface area contributed by atoms with E-state index in [-0.39, 0.29) is 12.1 Å². The van der Waals surface area contributed by atoms with Gasteiger partial charge in [0.2, 0.25) is 0 Å². The topological polar surface area (TPSA) is 47.0 Å². The molecular weight excluding hydrogens is 382 g/mol. The van der Waals surface area contributed by atoms with Gasteiger partial charge in [0.05, 0.1) is 30.5 Å². The number of aliphatic imine (C=N–C) groups is 1. The van der Waals surface area contributed by atoms with Crippen LogP contribution >= 0.6 is 23.4 Å². The van der Waals surface area contributed by atoms with Crippen LogP contribution in [0.5, 0.6) is 11.5 Å². The van der Waals surface area contributed by atoms with Gasteiger partial charge in [-0.15, -0.1) is 0 Å². The van der Waals surface area contributed by atoms with E-state index >= 15 is 0 Å². The van der Waals surface area contributed by atoms with Gasteiger partial charge >= 0.3 is 0 Å². The molecule has 0 N–H and O–H groups in total. The van der Waals surface area contributed by atoms with Crippen molar-refractivity contribution in [3.8, 4) is 11.5 Å². The lowest BCUT2D eigenvalue weighted by Gasteiger charge is -2.28. The molecule has 2 aliphatic heterocycles. The van der Waals surface area contributed by atoms with Crippen LogP contribution in [-0.2, 0) is 0 Å². The van der Waals surface area contributed by atoms with Crippen molar-refractivity contribution in [2.45, 2.75) is 31.2 Å². The van der Waals surface area contributed by atoms with Crippen LogP contribution in [0.2, 0.25) is 5.02 Å². The van der Waals surface area contributed by atoms with Gasteiger partial charge in [-0.3, -0.25) is 9.98 Å². The molecule has 2 aromatic rings. The number of ether oxygens (including phenoxy) is 2. The number of amidine groups is 1. The summed E-state index contributed by atoms with van der Waals surface area (Å²) in [5, 5.41) is 2.13. The molecule has 142 valence electrons. The van der Waals surface area contributed by atoms with Crippen LogP contribution < -0.4 is 9.47 Å². The first-order chi connectivity index (χ1) is 13.1. The summed E-state index contributed by atoms with van der Waals surface area (Å²) in [6.45, 7) is 5.67. The summed E-state index contributed by atoms with van der Waals surface area (Å²) in [4.78, 5) is 11.9. The maximum absolute atomic E-state index is 6.53. The van der Waals surface area contributed by atoms with Gasteiger partial charge in [0.15, 0.2) is 16.7 Å². The molecule has 0 spiro atoms. The molecule has 0 bridgehead atoms. The smallest absolute Gasteiger partial charge is 0.179 e. The highest BCUT2D eigenvalue weighted by molar-refractivity contribution is 8.14. The van der Waals surface area contributed by atoms with Crippen molar-refractivity contribution >= 4 is 28.5 Å². The second-order valence-corrected chi connectivity index (χ2v) is 8.42. The van der Waals surface area contributed by atoms with Gasteiger partial charge in [0.25, 0.3) is 0 Å². The van der Waals surface area contributed by atoms with Gasteiger partial charge in [-0.1, -0.05) is 36.4 Å². The lowest BCUT2D eigenvalue weighted by molar-refractivity contribution is 0.302. The first-order valence-electron chi connectivity index (χ1n) is 9.04. The number of rotatable bonds is 5. The predicted molar refractivity (Wildman–Crippen MR) is 110 cm³/mol. The Labute approximate surface area is 168 Å². The number of nitrogens with zero attached hydrogens (tertiary/aromatic N) is 3. The minimum absolute atomic E-state index is 0.0370. The van der Waals surface area contributed by atoms with E-state index in [1.165, 1.54) is 0 Å². The Bertz CT molecular complexity index is 862. The molecule has 2 aliphatic rings. The molecular formula is C20H22ClN3O2S. The standard InChI is InChI=1S/C20H22ClN3O2S/c1-4-26-16-10-13(9-14(21)19(16)25-3)18-17(15-7-5-6-8-22-15)23-20-24(18)11-12(2)27-20/h5-10,12,17-18H,4,11H2,1-3H3/t12-,17-,18+/m0/s1. The van der Waals surface area contributed by atoms with E-state index in [0.29, 0.717) is 28.4 Å². The van der Waals surface area contributed by atoms with E-state index in [1.807, 2.05) is 55.2 Å². The van der Waals surface area contributed by atoms with Crippen molar-refractivity contribution in [3.05, 3.63) is 52.8 Å². The quantitative estimate of drug-likeness (QED) is 0.722. The lowest BCUT2D eigenvalue weighted by Crippen LogP contribution is -2.28. The number of thioether (sulfide) groups is 1. The summed E-state index contributed by atoms with van der Waals surface area (Å²) in [6.07, 6.45) is 1.82.